The zero-order chi connectivity index (χ0) is 14.0. The van der Waals surface area contributed by atoms with Gasteiger partial charge in [0.05, 0.1) is 11.3 Å². The van der Waals surface area contributed by atoms with Gasteiger partial charge in [0, 0.05) is 10.5 Å². The Morgan fingerprint density at radius 3 is 2.47 bits per heavy atom. The third-order valence-corrected chi connectivity index (χ3v) is 3.03. The molecule has 98 valence electrons. The summed E-state index contributed by atoms with van der Waals surface area (Å²) in [5.41, 5.74) is -0.619. The Morgan fingerprint density at radius 1 is 1.05 bits per heavy atom. The number of benzene rings is 2. The highest BCUT2D eigenvalue weighted by atomic mass is 79.9. The van der Waals surface area contributed by atoms with E-state index in [0.717, 1.165) is 24.3 Å². The van der Waals surface area contributed by atoms with Gasteiger partial charge in [0.25, 0.3) is 5.91 Å². The van der Waals surface area contributed by atoms with E-state index in [0.29, 0.717) is 0 Å². The Labute approximate surface area is 115 Å². The van der Waals surface area contributed by atoms with E-state index in [1.807, 2.05) is 0 Å². The summed E-state index contributed by atoms with van der Waals surface area (Å²) in [7, 11) is 0. The van der Waals surface area contributed by atoms with Gasteiger partial charge in [-0.15, -0.1) is 0 Å². The minimum atomic E-state index is -0.866. The Morgan fingerprint density at radius 2 is 1.79 bits per heavy atom. The van der Waals surface area contributed by atoms with E-state index in [9.17, 15) is 18.0 Å². The Kier molecular flexibility index (Phi) is 3.90. The predicted molar refractivity (Wildman–Crippen MR) is 68.4 cm³/mol. The van der Waals surface area contributed by atoms with Crippen molar-refractivity contribution in [1.29, 1.82) is 0 Å². The molecule has 0 saturated heterocycles. The summed E-state index contributed by atoms with van der Waals surface area (Å²) in [4.78, 5) is 11.8. The normalized spacial score (nSPS) is 10.3. The highest BCUT2D eigenvalue weighted by Crippen LogP contribution is 2.22. The van der Waals surface area contributed by atoms with Crippen molar-refractivity contribution in [3.8, 4) is 0 Å². The number of carbonyl (C=O) groups is 1. The number of nitrogens with one attached hydrogen (secondary N) is 1. The van der Waals surface area contributed by atoms with E-state index < -0.39 is 23.4 Å². The first-order valence-corrected chi connectivity index (χ1v) is 5.99. The van der Waals surface area contributed by atoms with Gasteiger partial charge in [0.1, 0.15) is 17.5 Å². The van der Waals surface area contributed by atoms with Crippen molar-refractivity contribution in [2.75, 3.05) is 5.32 Å². The minimum absolute atomic E-state index is 0.224. The summed E-state index contributed by atoms with van der Waals surface area (Å²) in [6.45, 7) is 0. The van der Waals surface area contributed by atoms with E-state index in [1.165, 1.54) is 12.1 Å². The van der Waals surface area contributed by atoms with Crippen molar-refractivity contribution >= 4 is 27.5 Å². The molecule has 0 radical (unpaired) electrons. The van der Waals surface area contributed by atoms with Crippen LogP contribution in [0.4, 0.5) is 18.9 Å². The summed E-state index contributed by atoms with van der Waals surface area (Å²) in [6.07, 6.45) is 0. The highest BCUT2D eigenvalue weighted by Gasteiger charge is 2.17. The quantitative estimate of drug-likeness (QED) is 0.882. The Balaban J connectivity index is 2.34. The lowest BCUT2D eigenvalue weighted by molar-refractivity contribution is 0.102. The van der Waals surface area contributed by atoms with Gasteiger partial charge >= 0.3 is 0 Å². The number of hydrogen-bond donors (Lipinski definition) is 1. The van der Waals surface area contributed by atoms with Crippen LogP contribution in [0.15, 0.2) is 40.9 Å². The summed E-state index contributed by atoms with van der Waals surface area (Å²) in [5, 5.41) is 2.13. The van der Waals surface area contributed by atoms with Gasteiger partial charge in [0.15, 0.2) is 0 Å². The largest absolute Gasteiger partial charge is 0.319 e. The smallest absolute Gasteiger partial charge is 0.259 e. The number of carbonyl (C=O) groups excluding carboxylic acids is 1. The fourth-order valence-corrected chi connectivity index (χ4v) is 2.01. The van der Waals surface area contributed by atoms with Crippen LogP contribution in [0.2, 0.25) is 0 Å². The van der Waals surface area contributed by atoms with Crippen molar-refractivity contribution in [1.82, 2.24) is 0 Å². The second-order valence-electron chi connectivity index (χ2n) is 3.67. The highest BCUT2D eigenvalue weighted by molar-refractivity contribution is 9.10. The molecule has 1 N–H and O–H groups in total. The fourth-order valence-electron chi connectivity index (χ4n) is 1.49. The summed E-state index contributed by atoms with van der Waals surface area (Å²) < 4.78 is 40.1. The molecule has 2 nitrogen and oxygen atoms in total. The lowest BCUT2D eigenvalue weighted by Gasteiger charge is -2.08. The molecule has 0 saturated carbocycles. The van der Waals surface area contributed by atoms with E-state index in [2.05, 4.69) is 21.2 Å². The van der Waals surface area contributed by atoms with Gasteiger partial charge in [0.2, 0.25) is 0 Å². The number of amides is 1. The second-order valence-corrected chi connectivity index (χ2v) is 4.53. The molecule has 19 heavy (non-hydrogen) atoms. The maximum Gasteiger partial charge on any atom is 0.259 e. The Hall–Kier alpha value is -1.82. The first kappa shape index (κ1) is 13.6. The molecule has 0 aliphatic carbocycles. The second kappa shape index (κ2) is 5.44. The topological polar surface area (TPSA) is 29.1 Å². The van der Waals surface area contributed by atoms with Crippen molar-refractivity contribution in [2.24, 2.45) is 0 Å². The maximum atomic E-state index is 13.5. The first-order valence-electron chi connectivity index (χ1n) is 5.19. The molecule has 0 bridgehead atoms. The summed E-state index contributed by atoms with van der Waals surface area (Å²) in [5.74, 6) is -3.13. The van der Waals surface area contributed by atoms with Crippen LogP contribution in [0.1, 0.15) is 10.4 Å². The number of halogens is 4. The zero-order valence-corrected chi connectivity index (χ0v) is 11.0. The minimum Gasteiger partial charge on any atom is -0.319 e. The molecule has 6 heteroatoms. The van der Waals surface area contributed by atoms with Crippen LogP contribution < -0.4 is 5.32 Å². The Bertz CT molecular complexity index is 626. The van der Waals surface area contributed by atoms with Crippen LogP contribution in [0.5, 0.6) is 0 Å². The van der Waals surface area contributed by atoms with Crippen LogP contribution in [0.25, 0.3) is 0 Å². The molecule has 0 heterocycles. The monoisotopic (exact) mass is 329 g/mol. The fraction of sp³-hybridized carbons (Fsp3) is 0. The lowest BCUT2D eigenvalue weighted by Crippen LogP contribution is -2.15. The van der Waals surface area contributed by atoms with Crippen LogP contribution in [0, 0.1) is 17.5 Å². The predicted octanol–water partition coefficient (Wildman–Crippen LogP) is 4.12. The average molecular weight is 330 g/mol. The van der Waals surface area contributed by atoms with Gasteiger partial charge in [-0.05, 0) is 40.2 Å². The standard InChI is InChI=1S/C13H7BrF3NO/c14-8-2-1-3-10(17)12(8)13(19)18-11-6-7(15)4-5-9(11)16/h1-6H,(H,18,19). The molecule has 0 spiro atoms. The van der Waals surface area contributed by atoms with Crippen LogP contribution in [-0.4, -0.2) is 5.91 Å². The van der Waals surface area contributed by atoms with E-state index in [4.69, 9.17) is 0 Å². The third kappa shape index (κ3) is 2.96. The molecule has 0 aliphatic heterocycles. The van der Waals surface area contributed by atoms with Crippen molar-refractivity contribution in [3.05, 3.63) is 63.9 Å². The van der Waals surface area contributed by atoms with Gasteiger partial charge in [-0.2, -0.15) is 0 Å². The molecular formula is C13H7BrF3NO. The molecule has 0 aliphatic rings. The van der Waals surface area contributed by atoms with Crippen molar-refractivity contribution in [2.45, 2.75) is 0 Å². The van der Waals surface area contributed by atoms with Crippen molar-refractivity contribution in [3.63, 3.8) is 0 Å². The van der Waals surface area contributed by atoms with Crippen LogP contribution in [0.3, 0.4) is 0 Å². The zero-order valence-electron chi connectivity index (χ0n) is 9.38. The molecule has 0 unspecified atom stereocenters. The molecule has 1 amide bonds. The molecule has 2 aromatic carbocycles. The van der Waals surface area contributed by atoms with Gasteiger partial charge in [-0.3, -0.25) is 4.79 Å². The molecule has 0 atom stereocenters. The van der Waals surface area contributed by atoms with E-state index >= 15 is 0 Å². The van der Waals surface area contributed by atoms with Crippen LogP contribution >= 0.6 is 15.9 Å². The van der Waals surface area contributed by atoms with Gasteiger partial charge < -0.3 is 5.32 Å². The summed E-state index contributed by atoms with van der Waals surface area (Å²) >= 11 is 3.03. The SMILES string of the molecule is O=C(Nc1cc(F)ccc1F)c1c(F)cccc1Br. The number of rotatable bonds is 2. The number of hydrogen-bond acceptors (Lipinski definition) is 1. The molecule has 2 rings (SSSR count). The maximum absolute atomic E-state index is 13.5. The number of anilines is 1. The lowest BCUT2D eigenvalue weighted by atomic mass is 10.2. The first-order chi connectivity index (χ1) is 8.99. The molecule has 2 aromatic rings. The van der Waals surface area contributed by atoms with Crippen LogP contribution in [-0.2, 0) is 0 Å². The molecular weight excluding hydrogens is 323 g/mol. The average Bonchev–Trinajstić information content (AvgIpc) is 2.33. The van der Waals surface area contributed by atoms with E-state index in [1.54, 1.807) is 0 Å². The van der Waals surface area contributed by atoms with Gasteiger partial charge in [-0.1, -0.05) is 6.07 Å². The molecule has 0 aromatic heterocycles. The van der Waals surface area contributed by atoms with Gasteiger partial charge in [-0.25, -0.2) is 13.2 Å². The third-order valence-electron chi connectivity index (χ3n) is 2.37. The van der Waals surface area contributed by atoms with Crippen molar-refractivity contribution < 1.29 is 18.0 Å². The summed E-state index contributed by atoms with van der Waals surface area (Å²) in [6, 6.07) is 6.60. The molecule has 0 fully saturated rings. The van der Waals surface area contributed by atoms with E-state index in [-0.39, 0.29) is 15.7 Å².